The number of carbonyl (C=O) groups excluding carboxylic acids is 1. The van der Waals surface area contributed by atoms with E-state index in [9.17, 15) is 10.1 Å². The number of rotatable bonds is 9. The molecule has 1 heterocycles. The molecule has 0 unspecified atom stereocenters. The van der Waals surface area contributed by atoms with Crippen molar-refractivity contribution in [2.45, 2.75) is 26.8 Å². The van der Waals surface area contributed by atoms with E-state index in [-0.39, 0.29) is 11.9 Å². The molecular weight excluding hydrogens is 502 g/mol. The molecule has 0 aliphatic heterocycles. The van der Waals surface area contributed by atoms with E-state index in [0.717, 1.165) is 5.56 Å². The number of halogens is 2. The molecule has 0 saturated heterocycles. The van der Waals surface area contributed by atoms with Crippen LogP contribution in [0.3, 0.4) is 0 Å². The highest BCUT2D eigenvalue weighted by Crippen LogP contribution is 2.30. The van der Waals surface area contributed by atoms with Crippen LogP contribution in [0.25, 0.3) is 11.4 Å². The van der Waals surface area contributed by atoms with E-state index in [2.05, 4.69) is 57.5 Å². The van der Waals surface area contributed by atoms with E-state index in [0.29, 0.717) is 43.5 Å². The smallest absolute Gasteiger partial charge is 0.253 e. The molecule has 0 radical (unpaired) electrons. The Bertz CT molecular complexity index is 1210. The van der Waals surface area contributed by atoms with Gasteiger partial charge in [-0.3, -0.25) is 4.79 Å². The van der Waals surface area contributed by atoms with Gasteiger partial charge in [0.25, 0.3) is 5.91 Å². The molecule has 0 atom stereocenters. The Hall–Kier alpha value is -3.34. The summed E-state index contributed by atoms with van der Waals surface area (Å²) in [6, 6.07) is 7.07. The van der Waals surface area contributed by atoms with Gasteiger partial charge in [0, 0.05) is 12.1 Å². The summed E-state index contributed by atoms with van der Waals surface area (Å²) < 4.78 is 2.15. The van der Waals surface area contributed by atoms with Crippen molar-refractivity contribution >= 4 is 50.5 Å². The molecule has 0 bridgehead atoms. The lowest BCUT2D eigenvalue weighted by atomic mass is 10.0. The van der Waals surface area contributed by atoms with E-state index < -0.39 is 0 Å². The van der Waals surface area contributed by atoms with Gasteiger partial charge in [0.05, 0.1) is 45.0 Å². The summed E-state index contributed by atoms with van der Waals surface area (Å²) in [4.78, 5) is 12.9. The first-order chi connectivity index (χ1) is 15.6. The number of amides is 1. The van der Waals surface area contributed by atoms with Crippen molar-refractivity contribution < 1.29 is 4.79 Å². The molecule has 1 aromatic heterocycles. The van der Waals surface area contributed by atoms with Gasteiger partial charge in [-0.25, -0.2) is 4.68 Å². The number of nitrogens with one attached hydrogen (secondary N) is 2. The van der Waals surface area contributed by atoms with Crippen LogP contribution in [0.15, 0.2) is 71.9 Å². The van der Waals surface area contributed by atoms with Crippen LogP contribution >= 0.6 is 27.5 Å². The van der Waals surface area contributed by atoms with Crippen molar-refractivity contribution in [2.75, 3.05) is 5.32 Å². The van der Waals surface area contributed by atoms with Crippen molar-refractivity contribution in [3.8, 4) is 6.07 Å². The number of nitriles is 1. The van der Waals surface area contributed by atoms with Crippen molar-refractivity contribution in [2.24, 2.45) is 0 Å². The summed E-state index contributed by atoms with van der Waals surface area (Å²) in [6.07, 6.45) is 6.58. The summed E-state index contributed by atoms with van der Waals surface area (Å²) in [6.45, 7) is 17.2. The number of allylic oxidation sites excluding steroid dienone is 6. The minimum absolute atomic E-state index is 0.0666. The van der Waals surface area contributed by atoms with Crippen LogP contribution in [0.4, 0.5) is 5.69 Å². The third-order valence-corrected chi connectivity index (χ3v) is 5.15. The molecule has 2 aromatic rings. The number of hydrogen-bond donors (Lipinski definition) is 2. The Labute approximate surface area is 207 Å². The van der Waals surface area contributed by atoms with E-state index in [1.807, 2.05) is 20.8 Å². The molecule has 1 aromatic carbocycles. The molecule has 8 heteroatoms. The van der Waals surface area contributed by atoms with Crippen LogP contribution in [-0.4, -0.2) is 21.7 Å². The fraction of sp³-hybridized carbons (Fsp3) is 0.160. The minimum Gasteiger partial charge on any atom is -0.353 e. The van der Waals surface area contributed by atoms with Crippen LogP contribution in [0.5, 0.6) is 0 Å². The summed E-state index contributed by atoms with van der Waals surface area (Å²) in [5.41, 5.74) is 3.61. The predicted octanol–water partition coefficient (Wildman–Crippen LogP) is 6.38. The maximum absolute atomic E-state index is 12.9. The van der Waals surface area contributed by atoms with Gasteiger partial charge in [0.15, 0.2) is 0 Å². The first kappa shape index (κ1) is 25.9. The van der Waals surface area contributed by atoms with Crippen LogP contribution < -0.4 is 10.6 Å². The van der Waals surface area contributed by atoms with Crippen molar-refractivity contribution in [1.29, 1.82) is 5.26 Å². The quantitative estimate of drug-likeness (QED) is 0.371. The summed E-state index contributed by atoms with van der Waals surface area (Å²) >= 11 is 9.84. The van der Waals surface area contributed by atoms with Crippen LogP contribution in [0.2, 0.25) is 0 Å². The molecule has 0 saturated carbocycles. The SMILES string of the molecule is C=C/C=C\C(Cl)=C(/C=C)n1nc(Br)cc1C(=C)Nc1c(C)cc(C#N)cc1C(=O)NC(C)C. The monoisotopic (exact) mass is 525 g/mol. The molecule has 0 aliphatic rings. The number of benzene rings is 1. The lowest BCUT2D eigenvalue weighted by Crippen LogP contribution is -2.31. The van der Waals surface area contributed by atoms with Crippen molar-refractivity contribution in [1.82, 2.24) is 15.1 Å². The maximum Gasteiger partial charge on any atom is 0.253 e. The number of nitrogens with zero attached hydrogens (tertiary/aromatic N) is 3. The zero-order valence-electron chi connectivity index (χ0n) is 18.7. The van der Waals surface area contributed by atoms with Gasteiger partial charge in [-0.2, -0.15) is 10.4 Å². The zero-order chi connectivity index (χ0) is 24.7. The predicted molar refractivity (Wildman–Crippen MR) is 140 cm³/mol. The highest BCUT2D eigenvalue weighted by Gasteiger charge is 2.19. The second kappa shape index (κ2) is 11.5. The number of hydrogen-bond acceptors (Lipinski definition) is 4. The lowest BCUT2D eigenvalue weighted by Gasteiger charge is -2.19. The minimum atomic E-state index is -0.292. The highest BCUT2D eigenvalue weighted by atomic mass is 79.9. The number of aryl methyl sites for hydroxylation is 1. The van der Waals surface area contributed by atoms with Gasteiger partial charge >= 0.3 is 0 Å². The molecule has 0 aliphatic carbocycles. The molecule has 33 heavy (non-hydrogen) atoms. The second-order valence-corrected chi connectivity index (χ2v) is 8.58. The Kier molecular flexibility index (Phi) is 9.03. The van der Waals surface area contributed by atoms with E-state index in [1.54, 1.807) is 47.2 Å². The summed E-state index contributed by atoms with van der Waals surface area (Å²) in [5.74, 6) is -0.292. The zero-order valence-corrected chi connectivity index (χ0v) is 21.1. The Morgan fingerprint density at radius 2 is 2.03 bits per heavy atom. The van der Waals surface area contributed by atoms with E-state index in [4.69, 9.17) is 11.6 Å². The molecule has 1 amide bonds. The Morgan fingerprint density at radius 1 is 1.33 bits per heavy atom. The fourth-order valence-corrected chi connectivity index (χ4v) is 3.63. The first-order valence-corrected chi connectivity index (χ1v) is 11.2. The van der Waals surface area contributed by atoms with Gasteiger partial charge in [-0.15, -0.1) is 0 Å². The van der Waals surface area contributed by atoms with Gasteiger partial charge in [0.1, 0.15) is 4.60 Å². The average Bonchev–Trinajstić information content (AvgIpc) is 3.14. The van der Waals surface area contributed by atoms with Crippen LogP contribution in [0, 0.1) is 18.3 Å². The van der Waals surface area contributed by atoms with Crippen molar-refractivity contribution in [3.63, 3.8) is 0 Å². The van der Waals surface area contributed by atoms with Gasteiger partial charge in [0.2, 0.25) is 0 Å². The molecular formula is C25H25BrClN5O. The molecule has 2 rings (SSSR count). The van der Waals surface area contributed by atoms with Crippen molar-refractivity contribution in [3.05, 3.63) is 94.3 Å². The number of carbonyl (C=O) groups is 1. The number of anilines is 1. The summed E-state index contributed by atoms with van der Waals surface area (Å²) in [7, 11) is 0. The van der Waals surface area contributed by atoms with Gasteiger partial charge < -0.3 is 10.6 Å². The Balaban J connectivity index is 2.58. The van der Waals surface area contributed by atoms with E-state index >= 15 is 0 Å². The van der Waals surface area contributed by atoms with Crippen LogP contribution in [0.1, 0.15) is 41.0 Å². The van der Waals surface area contributed by atoms with Gasteiger partial charge in [-0.1, -0.05) is 43.5 Å². The third kappa shape index (κ3) is 6.35. The fourth-order valence-electron chi connectivity index (χ4n) is 3.03. The van der Waals surface area contributed by atoms with E-state index in [1.165, 1.54) is 0 Å². The molecule has 0 spiro atoms. The molecule has 2 N–H and O–H groups in total. The normalized spacial score (nSPS) is 11.7. The standard InChI is InChI=1S/C25H25BrClN5O/c1-7-9-10-20(27)21(8-2)32-22(13-23(26)31-32)17(6)30-24-16(5)11-18(14-28)12-19(24)25(33)29-15(3)4/h7-13,15,30H,1-2,6H2,3-5H3,(H,29,33)/b10-9-,21-20-. The Morgan fingerprint density at radius 3 is 2.61 bits per heavy atom. The number of aromatic nitrogens is 2. The molecule has 0 fully saturated rings. The first-order valence-electron chi connectivity index (χ1n) is 10.0. The lowest BCUT2D eigenvalue weighted by molar-refractivity contribution is 0.0944. The molecule has 170 valence electrons. The summed E-state index contributed by atoms with van der Waals surface area (Å²) in [5, 5.41) is 20.3. The molecule has 6 nitrogen and oxygen atoms in total. The topological polar surface area (TPSA) is 82.7 Å². The third-order valence-electron chi connectivity index (χ3n) is 4.44. The second-order valence-electron chi connectivity index (χ2n) is 7.36. The van der Waals surface area contributed by atoms with Gasteiger partial charge in [-0.05, 0) is 66.5 Å². The largest absolute Gasteiger partial charge is 0.353 e. The van der Waals surface area contributed by atoms with Crippen LogP contribution in [-0.2, 0) is 0 Å². The highest BCUT2D eigenvalue weighted by molar-refractivity contribution is 9.10. The maximum atomic E-state index is 12.9. The average molecular weight is 527 g/mol.